The molecule has 3 rings (SSSR count). The van der Waals surface area contributed by atoms with Crippen LogP contribution in [0.2, 0.25) is 10.0 Å². The zero-order valence-corrected chi connectivity index (χ0v) is 25.9. The minimum Gasteiger partial charge on any atom is -0.492 e. The van der Waals surface area contributed by atoms with Crippen molar-refractivity contribution < 1.29 is 22.7 Å². The first-order chi connectivity index (χ1) is 19.5. The number of carbonyl (C=O) groups excluding carboxylic acids is 2. The number of likely N-dealkylation sites (N-methyl/N-ethyl adjacent to an activating group) is 1. The molecule has 41 heavy (non-hydrogen) atoms. The molecule has 0 saturated carbocycles. The van der Waals surface area contributed by atoms with Gasteiger partial charge in [0.05, 0.1) is 27.2 Å². The summed E-state index contributed by atoms with van der Waals surface area (Å²) in [6, 6.07) is 17.1. The first kappa shape index (κ1) is 32.2. The van der Waals surface area contributed by atoms with E-state index in [0.717, 1.165) is 9.87 Å². The average molecular weight is 621 g/mol. The number of ether oxygens (including phenoxy) is 1. The van der Waals surface area contributed by atoms with Gasteiger partial charge in [-0.3, -0.25) is 13.9 Å². The second-order valence-corrected chi connectivity index (χ2v) is 12.0. The predicted molar refractivity (Wildman–Crippen MR) is 163 cm³/mol. The van der Waals surface area contributed by atoms with E-state index in [1.54, 1.807) is 75.4 Å². The van der Waals surface area contributed by atoms with Gasteiger partial charge in [0.1, 0.15) is 18.3 Å². The number of sulfonamides is 1. The zero-order valence-electron chi connectivity index (χ0n) is 23.6. The second kappa shape index (κ2) is 14.6. The molecule has 0 aromatic heterocycles. The van der Waals surface area contributed by atoms with Crippen molar-refractivity contribution >= 4 is 50.7 Å². The largest absolute Gasteiger partial charge is 0.492 e. The third kappa shape index (κ3) is 7.93. The summed E-state index contributed by atoms with van der Waals surface area (Å²) in [7, 11) is -4.22. The number of halogens is 2. The molecule has 0 saturated heterocycles. The maximum Gasteiger partial charge on any atom is 0.264 e. The minimum atomic E-state index is -4.22. The van der Waals surface area contributed by atoms with Crippen LogP contribution in [0, 0.1) is 6.92 Å². The fourth-order valence-electron chi connectivity index (χ4n) is 4.34. The Hall–Kier alpha value is -3.27. The molecule has 0 aliphatic heterocycles. The summed E-state index contributed by atoms with van der Waals surface area (Å²) in [5, 5.41) is 3.43. The molecule has 0 fully saturated rings. The maximum atomic E-state index is 14.1. The number of anilines is 1. The highest BCUT2D eigenvalue weighted by Gasteiger charge is 2.34. The quantitative estimate of drug-likeness (QED) is 0.259. The lowest BCUT2D eigenvalue weighted by molar-refractivity contribution is -0.140. The van der Waals surface area contributed by atoms with Crippen LogP contribution in [0.3, 0.4) is 0 Å². The van der Waals surface area contributed by atoms with E-state index in [1.165, 1.54) is 17.0 Å². The van der Waals surface area contributed by atoms with E-state index in [9.17, 15) is 18.0 Å². The number of hydrogen-bond acceptors (Lipinski definition) is 5. The lowest BCUT2D eigenvalue weighted by Gasteiger charge is -2.33. The van der Waals surface area contributed by atoms with Crippen LogP contribution in [0.1, 0.15) is 38.3 Å². The molecule has 3 aromatic carbocycles. The van der Waals surface area contributed by atoms with Crippen molar-refractivity contribution in [3.63, 3.8) is 0 Å². The van der Waals surface area contributed by atoms with E-state index < -0.39 is 28.5 Å². The minimum absolute atomic E-state index is 0.0108. The van der Waals surface area contributed by atoms with Crippen molar-refractivity contribution in [1.29, 1.82) is 0 Å². The van der Waals surface area contributed by atoms with Crippen LogP contribution in [0.25, 0.3) is 0 Å². The van der Waals surface area contributed by atoms with Crippen molar-refractivity contribution in [3.05, 3.63) is 87.9 Å². The van der Waals surface area contributed by atoms with Crippen molar-refractivity contribution in [2.24, 2.45) is 0 Å². The Morgan fingerprint density at radius 2 is 1.63 bits per heavy atom. The highest BCUT2D eigenvalue weighted by atomic mass is 35.5. The molecule has 2 amide bonds. The Morgan fingerprint density at radius 1 is 0.951 bits per heavy atom. The number of nitrogens with zero attached hydrogens (tertiary/aromatic N) is 2. The molecule has 1 atom stereocenters. The number of amides is 2. The van der Waals surface area contributed by atoms with Gasteiger partial charge in [-0.05, 0) is 69.2 Å². The monoisotopic (exact) mass is 619 g/mol. The number of carbonyl (C=O) groups is 2. The number of benzene rings is 3. The predicted octanol–water partition coefficient (Wildman–Crippen LogP) is 5.84. The zero-order chi connectivity index (χ0) is 30.2. The normalized spacial score (nSPS) is 12.0. The van der Waals surface area contributed by atoms with Gasteiger partial charge in [-0.25, -0.2) is 8.42 Å². The molecule has 8 nitrogen and oxygen atoms in total. The van der Waals surface area contributed by atoms with Gasteiger partial charge in [0.25, 0.3) is 10.0 Å². The van der Waals surface area contributed by atoms with Gasteiger partial charge in [-0.15, -0.1) is 0 Å². The summed E-state index contributed by atoms with van der Waals surface area (Å²) in [5.74, 6) is -0.604. The highest BCUT2D eigenvalue weighted by molar-refractivity contribution is 7.92. The van der Waals surface area contributed by atoms with Gasteiger partial charge >= 0.3 is 0 Å². The highest BCUT2D eigenvalue weighted by Crippen LogP contribution is 2.33. The van der Waals surface area contributed by atoms with Gasteiger partial charge in [-0.1, -0.05) is 66.0 Å². The average Bonchev–Trinajstić information content (AvgIpc) is 2.94. The molecule has 0 aliphatic rings. The van der Waals surface area contributed by atoms with E-state index >= 15 is 0 Å². The summed E-state index contributed by atoms with van der Waals surface area (Å²) >= 11 is 12.3. The second-order valence-electron chi connectivity index (χ2n) is 9.31. The molecule has 1 N–H and O–H groups in total. The standard InChI is InChI=1S/C30H35Cl2N3O5S/c1-5-26(30(37)33-6-2)34(19-22-14-17-24(31)25(32)18-22)29(36)20-35(27-10-8-9-11-28(27)40-7-3)41(38,39)23-15-12-21(4)13-16-23/h8-18,26H,5-7,19-20H2,1-4H3,(H,33,37)/t26-/m1/s1. The van der Waals surface area contributed by atoms with Crippen molar-refractivity contribution in [2.45, 2.75) is 51.6 Å². The van der Waals surface area contributed by atoms with Gasteiger partial charge in [0.15, 0.2) is 0 Å². The Morgan fingerprint density at radius 3 is 2.24 bits per heavy atom. The van der Waals surface area contributed by atoms with Gasteiger partial charge in [0.2, 0.25) is 11.8 Å². The molecule has 0 spiro atoms. The van der Waals surface area contributed by atoms with Crippen LogP contribution in [0.4, 0.5) is 5.69 Å². The Balaban J connectivity index is 2.12. The van der Waals surface area contributed by atoms with Gasteiger partial charge < -0.3 is 15.0 Å². The van der Waals surface area contributed by atoms with Crippen LogP contribution in [0.5, 0.6) is 5.75 Å². The SMILES string of the molecule is CCNC(=O)[C@@H](CC)N(Cc1ccc(Cl)c(Cl)c1)C(=O)CN(c1ccccc1OCC)S(=O)(=O)c1ccc(C)cc1. The van der Waals surface area contributed by atoms with Crippen LogP contribution in [0.15, 0.2) is 71.6 Å². The fourth-order valence-corrected chi connectivity index (χ4v) is 6.08. The number of para-hydroxylation sites is 2. The van der Waals surface area contributed by atoms with Crippen molar-refractivity contribution in [2.75, 3.05) is 24.0 Å². The fraction of sp³-hybridized carbons (Fsp3) is 0.333. The number of aryl methyl sites for hydroxylation is 1. The van der Waals surface area contributed by atoms with Crippen LogP contribution in [-0.4, -0.2) is 50.9 Å². The molecule has 220 valence electrons. The van der Waals surface area contributed by atoms with Gasteiger partial charge in [-0.2, -0.15) is 0 Å². The van der Waals surface area contributed by atoms with E-state index in [0.29, 0.717) is 40.9 Å². The van der Waals surface area contributed by atoms with Crippen LogP contribution < -0.4 is 14.4 Å². The first-order valence-electron chi connectivity index (χ1n) is 13.4. The summed E-state index contributed by atoms with van der Waals surface area (Å²) in [4.78, 5) is 28.6. The Labute approximate surface area is 252 Å². The maximum absolute atomic E-state index is 14.1. The Kier molecular flexibility index (Phi) is 11.5. The summed E-state index contributed by atoms with van der Waals surface area (Å²) in [5.41, 5.74) is 1.74. The van der Waals surface area contributed by atoms with Gasteiger partial charge in [0, 0.05) is 13.1 Å². The third-order valence-electron chi connectivity index (χ3n) is 6.40. The molecule has 0 radical (unpaired) electrons. The molecular weight excluding hydrogens is 585 g/mol. The smallest absolute Gasteiger partial charge is 0.264 e. The molecule has 0 aliphatic carbocycles. The van der Waals surface area contributed by atoms with E-state index in [2.05, 4.69) is 5.32 Å². The Bertz CT molecular complexity index is 1470. The number of rotatable bonds is 13. The first-order valence-corrected chi connectivity index (χ1v) is 15.5. The van der Waals surface area contributed by atoms with Crippen LogP contribution in [-0.2, 0) is 26.2 Å². The summed E-state index contributed by atoms with van der Waals surface area (Å²) in [6.07, 6.45) is 0.305. The lowest BCUT2D eigenvalue weighted by Crippen LogP contribution is -2.52. The molecule has 0 unspecified atom stereocenters. The number of hydrogen-bond donors (Lipinski definition) is 1. The lowest BCUT2D eigenvalue weighted by atomic mass is 10.1. The van der Waals surface area contributed by atoms with Crippen molar-refractivity contribution in [1.82, 2.24) is 10.2 Å². The van der Waals surface area contributed by atoms with E-state index in [1.807, 2.05) is 6.92 Å². The molecule has 11 heteroatoms. The number of nitrogens with one attached hydrogen (secondary N) is 1. The van der Waals surface area contributed by atoms with E-state index in [-0.39, 0.29) is 23.0 Å². The molecule has 3 aromatic rings. The van der Waals surface area contributed by atoms with E-state index in [4.69, 9.17) is 27.9 Å². The van der Waals surface area contributed by atoms with Crippen molar-refractivity contribution in [3.8, 4) is 5.75 Å². The summed E-state index contributed by atoms with van der Waals surface area (Å²) in [6.45, 7) is 7.33. The van der Waals surface area contributed by atoms with Crippen LogP contribution >= 0.6 is 23.2 Å². The molecular formula is C30H35Cl2N3O5S. The third-order valence-corrected chi connectivity index (χ3v) is 8.91. The molecule has 0 heterocycles. The molecule has 0 bridgehead atoms. The topological polar surface area (TPSA) is 96.0 Å². The summed E-state index contributed by atoms with van der Waals surface area (Å²) < 4.78 is 34.9.